The fourth-order valence-corrected chi connectivity index (χ4v) is 7.32. The van der Waals surface area contributed by atoms with Gasteiger partial charge in [0.05, 0.1) is 6.10 Å². The molecule has 2 N–H and O–H groups in total. The molecule has 0 aromatic carbocycles. The van der Waals surface area contributed by atoms with Gasteiger partial charge in [-0.1, -0.05) is 25.0 Å². The lowest BCUT2D eigenvalue weighted by atomic mass is 9.45. The van der Waals surface area contributed by atoms with Crippen molar-refractivity contribution >= 4 is 11.6 Å². The van der Waals surface area contributed by atoms with Gasteiger partial charge in [0.2, 0.25) is 0 Å². The lowest BCUT2D eigenvalue weighted by Crippen LogP contribution is -2.57. The molecule has 0 aliphatic heterocycles. The third kappa shape index (κ3) is 2.21. The van der Waals surface area contributed by atoms with Crippen LogP contribution in [0.5, 0.6) is 0 Å². The molecule has 7 atom stereocenters. The normalized spacial score (nSPS) is 47.4. The fourth-order valence-electron chi connectivity index (χ4n) is 7.32. The minimum Gasteiger partial charge on any atom is -0.393 e. The summed E-state index contributed by atoms with van der Waals surface area (Å²) in [4.78, 5) is 24.4. The number of ketones is 2. The van der Waals surface area contributed by atoms with Crippen molar-refractivity contribution in [2.45, 2.75) is 59.0 Å². The minimum atomic E-state index is -0.487. The summed E-state index contributed by atoms with van der Waals surface area (Å²) in [6, 6.07) is 0. The average molecular weight is 358 g/mol. The van der Waals surface area contributed by atoms with E-state index in [1.54, 1.807) is 12.2 Å². The lowest BCUT2D eigenvalue weighted by molar-refractivity contribution is -0.142. The summed E-state index contributed by atoms with van der Waals surface area (Å²) in [7, 11) is 0. The molecule has 142 valence electrons. The lowest BCUT2D eigenvalue weighted by Gasteiger charge is -2.59. The molecule has 1 unspecified atom stereocenters. The second-order valence-corrected chi connectivity index (χ2v) is 9.47. The van der Waals surface area contributed by atoms with Crippen LogP contribution in [0.3, 0.4) is 0 Å². The molecule has 0 radical (unpaired) electrons. The zero-order valence-corrected chi connectivity index (χ0v) is 16.0. The molecule has 0 bridgehead atoms. The van der Waals surface area contributed by atoms with E-state index in [1.807, 2.05) is 6.92 Å². The van der Waals surface area contributed by atoms with E-state index >= 15 is 0 Å². The third-order valence-electron chi connectivity index (χ3n) is 8.57. The van der Waals surface area contributed by atoms with E-state index in [1.165, 1.54) is 5.57 Å². The fraction of sp³-hybridized carbons (Fsp3) is 0.727. The van der Waals surface area contributed by atoms with E-state index in [9.17, 15) is 19.8 Å². The first kappa shape index (κ1) is 18.1. The molecule has 4 heteroatoms. The number of rotatable bonds is 2. The number of hydrogen-bond acceptors (Lipinski definition) is 4. The maximum absolute atomic E-state index is 12.3. The maximum Gasteiger partial charge on any atom is 0.178 e. The summed E-state index contributed by atoms with van der Waals surface area (Å²) in [5, 5.41) is 20.7. The van der Waals surface area contributed by atoms with Gasteiger partial charge in [0, 0.05) is 17.3 Å². The summed E-state index contributed by atoms with van der Waals surface area (Å²) in [6.07, 6.45) is 7.34. The molecule has 0 heterocycles. The van der Waals surface area contributed by atoms with Crippen molar-refractivity contribution in [1.29, 1.82) is 0 Å². The molecule has 4 rings (SSSR count). The van der Waals surface area contributed by atoms with Gasteiger partial charge in [0.25, 0.3) is 0 Å². The van der Waals surface area contributed by atoms with Crippen LogP contribution in [-0.4, -0.2) is 34.5 Å². The first-order valence-corrected chi connectivity index (χ1v) is 9.99. The molecule has 0 saturated heterocycles. The number of aliphatic hydroxyl groups excluding tert-OH is 2. The van der Waals surface area contributed by atoms with Crippen molar-refractivity contribution in [2.24, 2.45) is 34.5 Å². The van der Waals surface area contributed by atoms with Crippen molar-refractivity contribution in [1.82, 2.24) is 0 Å². The van der Waals surface area contributed by atoms with Crippen LogP contribution in [0.4, 0.5) is 0 Å². The van der Waals surface area contributed by atoms with Gasteiger partial charge in [-0.3, -0.25) is 9.59 Å². The number of fused-ring (bicyclic) bond motifs is 5. The predicted octanol–water partition coefficient (Wildman–Crippen LogP) is 2.83. The zero-order chi connectivity index (χ0) is 18.9. The SMILES string of the molecule is CC1=CC(=O)C=C2CC[C@@H]3[C@H](C(O)C[C@]4(C)[C@@H](C(=O)CO)CC[C@@H]34)[C@@]12C. The minimum absolute atomic E-state index is 0.0670. The van der Waals surface area contributed by atoms with E-state index < -0.39 is 12.7 Å². The van der Waals surface area contributed by atoms with Crippen LogP contribution >= 0.6 is 0 Å². The molecular formula is C22H30O4. The topological polar surface area (TPSA) is 74.6 Å². The highest BCUT2D eigenvalue weighted by molar-refractivity contribution is 6.02. The van der Waals surface area contributed by atoms with Crippen molar-refractivity contribution in [3.8, 4) is 0 Å². The predicted molar refractivity (Wildman–Crippen MR) is 98.2 cm³/mol. The van der Waals surface area contributed by atoms with Crippen molar-refractivity contribution in [3.63, 3.8) is 0 Å². The summed E-state index contributed by atoms with van der Waals surface area (Å²) >= 11 is 0. The van der Waals surface area contributed by atoms with Crippen LogP contribution in [0.1, 0.15) is 52.9 Å². The molecule has 3 fully saturated rings. The molecule has 0 spiro atoms. The Kier molecular flexibility index (Phi) is 4.09. The number of allylic oxidation sites excluding steroid dienone is 4. The second kappa shape index (κ2) is 5.87. The molecule has 4 aliphatic carbocycles. The summed E-state index contributed by atoms with van der Waals surface area (Å²) in [6.45, 7) is 5.99. The largest absolute Gasteiger partial charge is 0.393 e. The first-order valence-electron chi connectivity index (χ1n) is 9.99. The Morgan fingerprint density at radius 2 is 1.96 bits per heavy atom. The van der Waals surface area contributed by atoms with Crippen LogP contribution in [0, 0.1) is 34.5 Å². The van der Waals surface area contributed by atoms with Crippen LogP contribution < -0.4 is 0 Å². The van der Waals surface area contributed by atoms with Gasteiger partial charge >= 0.3 is 0 Å². The molecule has 4 aliphatic rings. The molecule has 0 amide bonds. The summed E-state index contributed by atoms with van der Waals surface area (Å²) in [5.41, 5.74) is 1.77. The Labute approximate surface area is 155 Å². The Bertz CT molecular complexity index is 720. The molecule has 26 heavy (non-hydrogen) atoms. The van der Waals surface area contributed by atoms with Gasteiger partial charge in [-0.25, -0.2) is 0 Å². The summed E-state index contributed by atoms with van der Waals surface area (Å²) < 4.78 is 0. The standard InChI is InChI=1S/C22H30O4/c1-12-8-14(24)9-13-4-5-15-16-6-7-17(19(26)11-23)21(16,2)10-18(25)20(15)22(12,13)3/h8-9,15-18,20,23,25H,4-7,10-11H2,1-3H3/t15-,16-,17+,18?,20+,21-,22-/m0/s1. The molecule has 0 aromatic heterocycles. The van der Waals surface area contributed by atoms with Gasteiger partial charge in [0.15, 0.2) is 11.6 Å². The van der Waals surface area contributed by atoms with Crippen LogP contribution in [0.2, 0.25) is 0 Å². The highest BCUT2D eigenvalue weighted by Crippen LogP contribution is 2.67. The van der Waals surface area contributed by atoms with Gasteiger partial charge in [0.1, 0.15) is 6.61 Å². The quantitative estimate of drug-likeness (QED) is 0.796. The number of hydrogen-bond donors (Lipinski definition) is 2. The molecule has 3 saturated carbocycles. The third-order valence-corrected chi connectivity index (χ3v) is 8.57. The Hall–Kier alpha value is -1.26. The van der Waals surface area contributed by atoms with Crippen LogP contribution in [0.15, 0.2) is 23.3 Å². The van der Waals surface area contributed by atoms with Crippen molar-refractivity contribution in [2.75, 3.05) is 6.61 Å². The highest BCUT2D eigenvalue weighted by atomic mass is 16.3. The van der Waals surface area contributed by atoms with E-state index in [2.05, 4.69) is 13.8 Å². The Balaban J connectivity index is 1.74. The number of aliphatic hydroxyl groups is 2. The Morgan fingerprint density at radius 1 is 1.23 bits per heavy atom. The van der Waals surface area contributed by atoms with E-state index in [4.69, 9.17) is 0 Å². The van der Waals surface area contributed by atoms with Gasteiger partial charge < -0.3 is 10.2 Å². The van der Waals surface area contributed by atoms with Crippen molar-refractivity contribution in [3.05, 3.63) is 23.3 Å². The smallest absolute Gasteiger partial charge is 0.178 e. The van der Waals surface area contributed by atoms with E-state index in [-0.39, 0.29) is 34.2 Å². The van der Waals surface area contributed by atoms with E-state index in [0.29, 0.717) is 18.3 Å². The number of carbonyl (C=O) groups is 2. The van der Waals surface area contributed by atoms with Gasteiger partial charge in [-0.05, 0) is 68.4 Å². The van der Waals surface area contributed by atoms with Crippen LogP contribution in [0.25, 0.3) is 0 Å². The van der Waals surface area contributed by atoms with Gasteiger partial charge in [-0.2, -0.15) is 0 Å². The maximum atomic E-state index is 12.3. The molecule has 0 aromatic rings. The Morgan fingerprint density at radius 3 is 2.65 bits per heavy atom. The van der Waals surface area contributed by atoms with E-state index in [0.717, 1.165) is 31.3 Å². The van der Waals surface area contributed by atoms with Gasteiger partial charge in [-0.15, -0.1) is 0 Å². The van der Waals surface area contributed by atoms with Crippen molar-refractivity contribution < 1.29 is 19.8 Å². The average Bonchev–Trinajstić information content (AvgIpc) is 2.92. The number of carbonyl (C=O) groups excluding carboxylic acids is 2. The second-order valence-electron chi connectivity index (χ2n) is 9.47. The zero-order valence-electron chi connectivity index (χ0n) is 16.0. The first-order chi connectivity index (χ1) is 12.2. The van der Waals surface area contributed by atoms with Crippen LogP contribution in [-0.2, 0) is 9.59 Å². The highest BCUT2D eigenvalue weighted by Gasteiger charge is 2.63. The molecule has 4 nitrogen and oxygen atoms in total. The molecular weight excluding hydrogens is 328 g/mol. The number of Topliss-reactive ketones (excluding diaryl/α,β-unsaturated/α-hetero) is 1. The monoisotopic (exact) mass is 358 g/mol. The summed E-state index contributed by atoms with van der Waals surface area (Å²) in [5.74, 6) is 0.732.